The van der Waals surface area contributed by atoms with Gasteiger partial charge in [0.05, 0.1) is 19.1 Å². The van der Waals surface area contributed by atoms with E-state index < -0.39 is 0 Å². The second kappa shape index (κ2) is 14.9. The summed E-state index contributed by atoms with van der Waals surface area (Å²) in [5.74, 6) is 1.75. The van der Waals surface area contributed by atoms with E-state index in [1.54, 1.807) is 36.7 Å². The Hall–Kier alpha value is -3.29. The third-order valence-corrected chi connectivity index (χ3v) is 8.36. The highest BCUT2D eigenvalue weighted by Crippen LogP contribution is 2.35. The Bertz CT molecular complexity index is 1380. The maximum atomic E-state index is 13.3. The number of benzene rings is 1. The predicted octanol–water partition coefficient (Wildman–Crippen LogP) is 5.89. The molecular formula is C30H38N4O4S2. The summed E-state index contributed by atoms with van der Waals surface area (Å²) in [6.07, 6.45) is 7.89. The molecule has 1 saturated heterocycles. The molecule has 8 nitrogen and oxygen atoms in total. The molecule has 2 heterocycles. The molecule has 0 bridgehead atoms. The van der Waals surface area contributed by atoms with Crippen molar-refractivity contribution in [3.05, 3.63) is 55.7 Å². The molecule has 2 aromatic rings. The number of nitrogens with one attached hydrogen (secondary N) is 1. The minimum atomic E-state index is -0.354. The van der Waals surface area contributed by atoms with E-state index in [2.05, 4.69) is 18.3 Å². The minimum absolute atomic E-state index is 0.0740. The van der Waals surface area contributed by atoms with Crippen LogP contribution in [0.3, 0.4) is 0 Å². The largest absolute Gasteiger partial charge is 0.493 e. The molecule has 0 saturated carbocycles. The maximum absolute atomic E-state index is 13.3. The number of amides is 1. The second-order valence-corrected chi connectivity index (χ2v) is 11.2. The van der Waals surface area contributed by atoms with Crippen LogP contribution in [0.2, 0.25) is 0 Å². The molecule has 1 N–H and O–H groups in total. The zero-order valence-electron chi connectivity index (χ0n) is 24.0. The van der Waals surface area contributed by atoms with E-state index >= 15 is 0 Å². The predicted molar refractivity (Wildman–Crippen MR) is 166 cm³/mol. The van der Waals surface area contributed by atoms with Crippen molar-refractivity contribution in [3.8, 4) is 17.6 Å². The molecule has 1 amide bonds. The number of methoxy groups -OCH3 is 2. The molecule has 1 fully saturated rings. The number of thioether (sulfide) groups is 1. The fraction of sp³-hybridized carbons (Fsp3) is 0.467. The van der Waals surface area contributed by atoms with Gasteiger partial charge in [-0.2, -0.15) is 5.26 Å². The van der Waals surface area contributed by atoms with Crippen LogP contribution >= 0.6 is 24.0 Å². The molecule has 3 rings (SSSR count). The number of pyridine rings is 1. The average molecular weight is 583 g/mol. The van der Waals surface area contributed by atoms with Crippen molar-refractivity contribution in [2.45, 2.75) is 65.8 Å². The Morgan fingerprint density at radius 3 is 2.48 bits per heavy atom. The van der Waals surface area contributed by atoms with Crippen LogP contribution in [0.5, 0.6) is 11.5 Å². The molecule has 1 aromatic heterocycles. The number of aromatic nitrogens is 1. The fourth-order valence-corrected chi connectivity index (χ4v) is 6.00. The summed E-state index contributed by atoms with van der Waals surface area (Å²) >= 11 is 6.81. The number of carbonyl (C=O) groups is 1. The van der Waals surface area contributed by atoms with Gasteiger partial charge < -0.3 is 14.8 Å². The lowest BCUT2D eigenvalue weighted by molar-refractivity contribution is -0.122. The molecule has 0 unspecified atom stereocenters. The number of anilines is 1. The molecule has 0 radical (unpaired) electrons. The summed E-state index contributed by atoms with van der Waals surface area (Å²) in [7, 11) is 3.19. The van der Waals surface area contributed by atoms with Gasteiger partial charge in [-0.3, -0.25) is 19.1 Å². The highest BCUT2D eigenvalue weighted by Gasteiger charge is 2.32. The van der Waals surface area contributed by atoms with Gasteiger partial charge in [-0.1, -0.05) is 62.7 Å². The van der Waals surface area contributed by atoms with Crippen LogP contribution in [0.15, 0.2) is 27.9 Å². The molecule has 1 aliphatic heterocycles. The van der Waals surface area contributed by atoms with Crippen LogP contribution in [0.25, 0.3) is 6.08 Å². The minimum Gasteiger partial charge on any atom is -0.493 e. The Labute approximate surface area is 246 Å². The molecule has 0 aliphatic carbocycles. The number of hydrogen-bond donors (Lipinski definition) is 1. The smallest absolute Gasteiger partial charge is 0.270 e. The van der Waals surface area contributed by atoms with Gasteiger partial charge in [-0.25, -0.2) is 0 Å². The fourth-order valence-electron chi connectivity index (χ4n) is 4.71. The van der Waals surface area contributed by atoms with Crippen molar-refractivity contribution in [1.29, 1.82) is 5.26 Å². The van der Waals surface area contributed by atoms with Crippen molar-refractivity contribution in [3.63, 3.8) is 0 Å². The number of carbonyl (C=O) groups excluding carboxylic acids is 1. The molecule has 10 heteroatoms. The lowest BCUT2D eigenvalue weighted by atomic mass is 10.0. The molecule has 40 heavy (non-hydrogen) atoms. The van der Waals surface area contributed by atoms with Gasteiger partial charge in [-0.05, 0) is 56.0 Å². The second-order valence-electron chi connectivity index (χ2n) is 9.54. The lowest BCUT2D eigenvalue weighted by Gasteiger charge is -2.19. The quantitative estimate of drug-likeness (QED) is 0.167. The average Bonchev–Trinajstić information content (AvgIpc) is 3.22. The third-order valence-electron chi connectivity index (χ3n) is 6.98. The third kappa shape index (κ3) is 7.07. The number of nitrogens with zero attached hydrogens (tertiary/aromatic N) is 3. The zero-order valence-corrected chi connectivity index (χ0v) is 25.6. The van der Waals surface area contributed by atoms with Gasteiger partial charge in [-0.15, -0.1) is 0 Å². The maximum Gasteiger partial charge on any atom is 0.270 e. The van der Waals surface area contributed by atoms with E-state index in [0.717, 1.165) is 24.8 Å². The van der Waals surface area contributed by atoms with Gasteiger partial charge in [0.25, 0.3) is 11.5 Å². The molecule has 0 spiro atoms. The first-order valence-corrected chi connectivity index (χ1v) is 14.9. The number of hydrogen-bond acceptors (Lipinski definition) is 8. The molecule has 1 aromatic carbocycles. The Kier molecular flexibility index (Phi) is 11.6. The van der Waals surface area contributed by atoms with Crippen LogP contribution < -0.4 is 20.3 Å². The van der Waals surface area contributed by atoms with Crippen molar-refractivity contribution in [2.24, 2.45) is 0 Å². The number of rotatable bonds is 14. The number of unbranched alkanes of at least 4 members (excludes halogenated alkanes) is 4. The Balaban J connectivity index is 1.91. The van der Waals surface area contributed by atoms with Crippen LogP contribution in [0, 0.1) is 18.3 Å². The van der Waals surface area contributed by atoms with E-state index in [1.807, 2.05) is 25.1 Å². The first kappa shape index (κ1) is 31.2. The summed E-state index contributed by atoms with van der Waals surface area (Å²) in [4.78, 5) is 28.6. The first-order chi connectivity index (χ1) is 19.3. The van der Waals surface area contributed by atoms with E-state index in [1.165, 1.54) is 24.6 Å². The number of nitriles is 1. The number of ether oxygens (including phenoxy) is 2. The summed E-state index contributed by atoms with van der Waals surface area (Å²) in [6.45, 7) is 7.26. The number of thiocarbonyl (C=S) groups is 1. The summed E-state index contributed by atoms with van der Waals surface area (Å²) in [5.41, 5.74) is 1.93. The van der Waals surface area contributed by atoms with Crippen LogP contribution in [-0.4, -0.2) is 47.0 Å². The van der Waals surface area contributed by atoms with E-state index in [-0.39, 0.29) is 17.0 Å². The van der Waals surface area contributed by atoms with E-state index in [0.29, 0.717) is 63.7 Å². The Morgan fingerprint density at radius 2 is 1.82 bits per heavy atom. The first-order valence-electron chi connectivity index (χ1n) is 13.7. The zero-order chi connectivity index (χ0) is 29.2. The van der Waals surface area contributed by atoms with Gasteiger partial charge >= 0.3 is 0 Å². The van der Waals surface area contributed by atoms with Crippen molar-refractivity contribution < 1.29 is 14.3 Å². The highest BCUT2D eigenvalue weighted by molar-refractivity contribution is 8.26. The molecule has 214 valence electrons. The van der Waals surface area contributed by atoms with E-state index in [4.69, 9.17) is 21.7 Å². The normalized spacial score (nSPS) is 14.1. The Morgan fingerprint density at radius 1 is 1.10 bits per heavy atom. The molecular weight excluding hydrogens is 544 g/mol. The monoisotopic (exact) mass is 582 g/mol. The standard InChI is InChI=1S/C30H38N4O4S2/c1-6-8-9-10-11-16-34-29(36)26(40-30(34)39)18-22-20(3)23(19-31)28(35)33(7-2)27(22)32-15-14-21-12-13-24(37-4)25(17-21)38-5/h12-13,17-18,32H,6-11,14-16H2,1-5H3/b26-18+. The van der Waals surface area contributed by atoms with Gasteiger partial charge in [0.1, 0.15) is 21.8 Å². The van der Waals surface area contributed by atoms with Crippen LogP contribution in [-0.2, 0) is 17.8 Å². The topological polar surface area (TPSA) is 96.6 Å². The molecule has 1 aliphatic rings. The van der Waals surface area contributed by atoms with Gasteiger partial charge in [0.2, 0.25) is 0 Å². The SMILES string of the molecule is CCCCCCCN1C(=O)/C(=C\c2c(C)c(C#N)c(=O)n(CC)c2NCCc2ccc(OC)c(OC)c2)SC1=S. The van der Waals surface area contributed by atoms with Gasteiger partial charge in [0.15, 0.2) is 11.5 Å². The summed E-state index contributed by atoms with van der Waals surface area (Å²) in [6, 6.07) is 7.82. The van der Waals surface area contributed by atoms with Crippen LogP contribution in [0.4, 0.5) is 5.82 Å². The summed E-state index contributed by atoms with van der Waals surface area (Å²) in [5, 5.41) is 13.2. The van der Waals surface area contributed by atoms with Gasteiger partial charge in [0, 0.05) is 25.2 Å². The van der Waals surface area contributed by atoms with Crippen LogP contribution in [0.1, 0.15) is 68.2 Å². The van der Waals surface area contributed by atoms with Crippen molar-refractivity contribution in [1.82, 2.24) is 9.47 Å². The van der Waals surface area contributed by atoms with Crippen molar-refractivity contribution in [2.75, 3.05) is 32.6 Å². The summed E-state index contributed by atoms with van der Waals surface area (Å²) < 4.78 is 12.8. The highest BCUT2D eigenvalue weighted by atomic mass is 32.2. The van der Waals surface area contributed by atoms with Crippen molar-refractivity contribution >= 4 is 46.1 Å². The molecule has 0 atom stereocenters. The lowest BCUT2D eigenvalue weighted by Crippen LogP contribution is -2.29. The van der Waals surface area contributed by atoms with E-state index in [9.17, 15) is 14.9 Å².